The molecule has 0 saturated heterocycles. The first-order chi connectivity index (χ1) is 13.2. The lowest BCUT2D eigenvalue weighted by molar-refractivity contribution is 1.18. The summed E-state index contributed by atoms with van der Waals surface area (Å²) in [6.07, 6.45) is 0. The van der Waals surface area contributed by atoms with Gasteiger partial charge in [-0.1, -0.05) is 48.5 Å². The Labute approximate surface area is 153 Å². The summed E-state index contributed by atoms with van der Waals surface area (Å²) in [5.74, 6) is 0. The number of fused-ring (bicyclic) bond motifs is 4. The predicted molar refractivity (Wildman–Crippen MR) is 106 cm³/mol. The second kappa shape index (κ2) is 5.42. The fourth-order valence-corrected chi connectivity index (χ4v) is 3.93. The predicted octanol–water partition coefficient (Wildman–Crippen LogP) is 3.68. The van der Waals surface area contributed by atoms with Crippen LogP contribution in [0.15, 0.2) is 71.5 Å². The van der Waals surface area contributed by atoms with E-state index in [4.69, 9.17) is 0 Å². The van der Waals surface area contributed by atoms with E-state index in [0.717, 1.165) is 16.2 Å². The first kappa shape index (κ1) is 15.1. The second-order valence-corrected chi connectivity index (χ2v) is 6.41. The Kier molecular flexibility index (Phi) is 3.04. The quantitative estimate of drug-likeness (QED) is 0.318. The average Bonchev–Trinajstić information content (AvgIpc) is 2.72. The molecule has 0 saturated carbocycles. The van der Waals surface area contributed by atoms with Crippen molar-refractivity contribution in [1.82, 2.24) is 4.40 Å². The van der Waals surface area contributed by atoms with E-state index >= 15 is 0 Å². The SMILES string of the molecule is N#CC(C#N)=c1cc2c3cccc4cccc(c(=O)n2c2ccccc12)c43. The van der Waals surface area contributed by atoms with Crippen LogP contribution >= 0.6 is 0 Å². The standard InChI is InChI=1S/C23H11N3O/c24-12-15(13-25)19-11-21-17-8-3-5-14-6-4-9-18(22(14)17)23(27)26(21)20-10-2-1-7-16(19)20/h1-11H. The van der Waals surface area contributed by atoms with Crippen LogP contribution < -0.4 is 10.8 Å². The minimum atomic E-state index is -0.104. The van der Waals surface area contributed by atoms with Crippen LogP contribution in [0.5, 0.6) is 0 Å². The van der Waals surface area contributed by atoms with Crippen molar-refractivity contribution in [3.8, 4) is 12.1 Å². The molecule has 0 atom stereocenters. The minimum Gasteiger partial charge on any atom is -0.276 e. The molecule has 5 rings (SSSR count). The number of nitrogens with zero attached hydrogens (tertiary/aromatic N) is 3. The van der Waals surface area contributed by atoms with Crippen LogP contribution in [-0.4, -0.2) is 4.40 Å². The smallest absolute Gasteiger partial charge is 0.263 e. The summed E-state index contributed by atoms with van der Waals surface area (Å²) in [6.45, 7) is 0. The fraction of sp³-hybridized carbons (Fsp3) is 0. The zero-order chi connectivity index (χ0) is 18.5. The third-order valence-electron chi connectivity index (χ3n) is 5.06. The largest absolute Gasteiger partial charge is 0.276 e. The van der Waals surface area contributed by atoms with Gasteiger partial charge in [0, 0.05) is 26.8 Å². The summed E-state index contributed by atoms with van der Waals surface area (Å²) in [4.78, 5) is 13.4. The third-order valence-corrected chi connectivity index (χ3v) is 5.06. The molecule has 124 valence electrons. The number of pyridine rings is 2. The number of hydrogen-bond acceptors (Lipinski definition) is 3. The highest BCUT2D eigenvalue weighted by Gasteiger charge is 2.14. The van der Waals surface area contributed by atoms with Gasteiger partial charge in [0.1, 0.15) is 17.7 Å². The molecule has 5 aromatic rings. The van der Waals surface area contributed by atoms with Gasteiger partial charge in [-0.15, -0.1) is 0 Å². The Morgan fingerprint density at radius 2 is 1.44 bits per heavy atom. The first-order valence-electron chi connectivity index (χ1n) is 8.46. The molecule has 3 aromatic carbocycles. The van der Waals surface area contributed by atoms with Gasteiger partial charge in [0.05, 0.1) is 11.0 Å². The van der Waals surface area contributed by atoms with Crippen LogP contribution in [0.3, 0.4) is 0 Å². The average molecular weight is 345 g/mol. The van der Waals surface area contributed by atoms with Crippen LogP contribution in [0, 0.1) is 22.7 Å². The summed E-state index contributed by atoms with van der Waals surface area (Å²) in [7, 11) is 0. The van der Waals surface area contributed by atoms with Crippen molar-refractivity contribution in [2.24, 2.45) is 0 Å². The Bertz CT molecular complexity index is 1590. The second-order valence-electron chi connectivity index (χ2n) is 6.41. The van der Waals surface area contributed by atoms with Crippen molar-refractivity contribution >= 4 is 43.5 Å². The van der Waals surface area contributed by atoms with Gasteiger partial charge in [0.25, 0.3) is 5.56 Å². The zero-order valence-corrected chi connectivity index (χ0v) is 14.1. The summed E-state index contributed by atoms with van der Waals surface area (Å²) in [6, 6.07) is 24.7. The lowest BCUT2D eigenvalue weighted by Gasteiger charge is -2.13. The summed E-state index contributed by atoms with van der Waals surface area (Å²) in [5.41, 5.74) is 1.31. The number of benzene rings is 3. The van der Waals surface area contributed by atoms with Gasteiger partial charge in [-0.25, -0.2) is 0 Å². The van der Waals surface area contributed by atoms with Gasteiger partial charge in [-0.3, -0.25) is 9.20 Å². The zero-order valence-electron chi connectivity index (χ0n) is 14.1. The molecule has 27 heavy (non-hydrogen) atoms. The molecule has 2 heterocycles. The van der Waals surface area contributed by atoms with E-state index in [1.54, 1.807) is 10.5 Å². The van der Waals surface area contributed by atoms with Crippen molar-refractivity contribution in [2.45, 2.75) is 0 Å². The highest BCUT2D eigenvalue weighted by molar-refractivity contribution is 6.15. The van der Waals surface area contributed by atoms with Crippen molar-refractivity contribution in [3.63, 3.8) is 0 Å². The number of nitriles is 2. The Balaban J connectivity index is 2.27. The van der Waals surface area contributed by atoms with Gasteiger partial charge in [0.2, 0.25) is 0 Å². The number of rotatable bonds is 0. The van der Waals surface area contributed by atoms with Gasteiger partial charge in [-0.05, 0) is 23.6 Å². The van der Waals surface area contributed by atoms with Gasteiger partial charge in [0.15, 0.2) is 0 Å². The van der Waals surface area contributed by atoms with Crippen LogP contribution in [0.1, 0.15) is 0 Å². The molecular weight excluding hydrogens is 334 g/mol. The van der Waals surface area contributed by atoms with E-state index < -0.39 is 0 Å². The molecule has 0 spiro atoms. The molecular formula is C23H11N3O. The monoisotopic (exact) mass is 345 g/mol. The maximum absolute atomic E-state index is 13.4. The third kappa shape index (κ3) is 1.93. The van der Waals surface area contributed by atoms with Crippen molar-refractivity contribution in [3.05, 3.63) is 82.3 Å². The lowest BCUT2D eigenvalue weighted by atomic mass is 9.99. The van der Waals surface area contributed by atoms with Crippen LogP contribution in [0.4, 0.5) is 0 Å². The molecule has 0 fully saturated rings. The Hall–Kier alpha value is -4.15. The number of aromatic nitrogens is 1. The van der Waals surface area contributed by atoms with E-state index in [1.807, 2.05) is 72.8 Å². The maximum atomic E-state index is 13.4. The topological polar surface area (TPSA) is 69.1 Å². The molecule has 0 bridgehead atoms. The number of hydrogen-bond donors (Lipinski definition) is 0. The molecule has 4 heteroatoms. The molecule has 0 amide bonds. The van der Waals surface area contributed by atoms with Gasteiger partial charge >= 0.3 is 0 Å². The van der Waals surface area contributed by atoms with Gasteiger partial charge < -0.3 is 0 Å². The van der Waals surface area contributed by atoms with E-state index in [1.165, 1.54) is 0 Å². The van der Waals surface area contributed by atoms with Crippen LogP contribution in [-0.2, 0) is 0 Å². The lowest BCUT2D eigenvalue weighted by Crippen LogP contribution is -2.19. The Morgan fingerprint density at radius 1 is 0.778 bits per heavy atom. The van der Waals surface area contributed by atoms with Crippen molar-refractivity contribution in [1.29, 1.82) is 10.5 Å². The molecule has 4 nitrogen and oxygen atoms in total. The summed E-state index contributed by atoms with van der Waals surface area (Å²) in [5, 5.41) is 23.6. The maximum Gasteiger partial charge on any atom is 0.263 e. The summed E-state index contributed by atoms with van der Waals surface area (Å²) >= 11 is 0. The van der Waals surface area contributed by atoms with Gasteiger partial charge in [-0.2, -0.15) is 10.5 Å². The Morgan fingerprint density at radius 3 is 2.19 bits per heavy atom. The molecule has 0 aliphatic heterocycles. The molecule has 0 unspecified atom stereocenters. The van der Waals surface area contributed by atoms with E-state index in [9.17, 15) is 15.3 Å². The van der Waals surface area contributed by atoms with Crippen LogP contribution in [0.2, 0.25) is 0 Å². The first-order valence-corrected chi connectivity index (χ1v) is 8.46. The van der Waals surface area contributed by atoms with E-state index in [0.29, 0.717) is 27.0 Å². The molecule has 0 aliphatic carbocycles. The van der Waals surface area contributed by atoms with Crippen LogP contribution in [0.25, 0.3) is 43.5 Å². The highest BCUT2D eigenvalue weighted by Crippen LogP contribution is 2.28. The van der Waals surface area contributed by atoms with Crippen molar-refractivity contribution < 1.29 is 0 Å². The molecule has 0 N–H and O–H groups in total. The summed E-state index contributed by atoms with van der Waals surface area (Å²) < 4.78 is 1.68. The van der Waals surface area contributed by atoms with E-state index in [2.05, 4.69) is 0 Å². The molecule has 0 aliphatic rings. The minimum absolute atomic E-state index is 0.0353. The van der Waals surface area contributed by atoms with Crippen molar-refractivity contribution in [2.75, 3.05) is 0 Å². The highest BCUT2D eigenvalue weighted by atomic mass is 16.1. The normalized spacial score (nSPS) is 11.0. The molecule has 0 radical (unpaired) electrons. The fourth-order valence-electron chi connectivity index (χ4n) is 3.93. The number of para-hydroxylation sites is 1. The molecule has 2 aromatic heterocycles. The van der Waals surface area contributed by atoms with E-state index in [-0.39, 0.29) is 11.1 Å².